The maximum absolute atomic E-state index is 12.6. The van der Waals surface area contributed by atoms with Crippen LogP contribution in [-0.2, 0) is 4.79 Å². The molecule has 0 aliphatic carbocycles. The molecule has 0 fully saturated rings. The molecular formula is C17H14N4OS. The second-order valence-electron chi connectivity index (χ2n) is 5.19. The number of carbonyl (C=O) groups excluding carboxylic acids is 1. The summed E-state index contributed by atoms with van der Waals surface area (Å²) < 4.78 is 0. The first-order valence-corrected chi connectivity index (χ1v) is 8.46. The Hall–Kier alpha value is -2.60. The number of thioether (sulfide) groups is 1. The normalized spacial score (nSPS) is 19.3. The number of rotatable bonds is 1. The maximum Gasteiger partial charge on any atom is 0.276 e. The quantitative estimate of drug-likeness (QED) is 0.858. The molecule has 0 bridgehead atoms. The molecule has 2 aliphatic heterocycles. The third kappa shape index (κ3) is 2.31. The van der Waals surface area contributed by atoms with Gasteiger partial charge in [-0.1, -0.05) is 60.3 Å². The number of nitrogens with one attached hydrogen (secondary N) is 1. The van der Waals surface area contributed by atoms with E-state index in [1.807, 2.05) is 60.9 Å². The summed E-state index contributed by atoms with van der Waals surface area (Å²) in [6.45, 7) is 0. The Balaban J connectivity index is 2.00. The SMILES string of the molecule is CSC1=NN2C(=c3ccccc3=N[C@H]2c2ccccc2)C(=O)N1. The fourth-order valence-electron chi connectivity index (χ4n) is 2.76. The predicted molar refractivity (Wildman–Crippen MR) is 90.7 cm³/mol. The molecule has 1 N–H and O–H groups in total. The van der Waals surface area contributed by atoms with Gasteiger partial charge in [-0.15, -0.1) is 5.10 Å². The molecule has 2 aromatic rings. The molecule has 23 heavy (non-hydrogen) atoms. The average Bonchev–Trinajstić information content (AvgIpc) is 2.61. The molecule has 6 heteroatoms. The highest BCUT2D eigenvalue weighted by atomic mass is 32.2. The van der Waals surface area contributed by atoms with Crippen molar-refractivity contribution in [3.63, 3.8) is 0 Å². The first-order chi connectivity index (χ1) is 11.3. The van der Waals surface area contributed by atoms with Gasteiger partial charge in [-0.2, -0.15) is 0 Å². The summed E-state index contributed by atoms with van der Waals surface area (Å²) in [5.74, 6) is -0.146. The zero-order valence-corrected chi connectivity index (χ0v) is 13.2. The molecule has 2 aromatic carbocycles. The maximum atomic E-state index is 12.6. The molecular weight excluding hydrogens is 308 g/mol. The van der Waals surface area contributed by atoms with Gasteiger partial charge in [-0.3, -0.25) is 15.1 Å². The van der Waals surface area contributed by atoms with Gasteiger partial charge in [0, 0.05) is 5.22 Å². The third-order valence-corrected chi connectivity index (χ3v) is 4.38. The first kappa shape index (κ1) is 14.0. The van der Waals surface area contributed by atoms with Gasteiger partial charge in [0.2, 0.25) is 0 Å². The molecule has 1 amide bonds. The topological polar surface area (TPSA) is 57.1 Å². The van der Waals surface area contributed by atoms with Crippen molar-refractivity contribution in [3.05, 3.63) is 70.7 Å². The van der Waals surface area contributed by atoms with Crippen LogP contribution >= 0.6 is 11.8 Å². The van der Waals surface area contributed by atoms with Crippen LogP contribution in [0.25, 0.3) is 5.70 Å². The highest BCUT2D eigenvalue weighted by molar-refractivity contribution is 8.13. The average molecular weight is 322 g/mol. The molecule has 4 rings (SSSR count). The van der Waals surface area contributed by atoms with Crippen molar-refractivity contribution in [2.75, 3.05) is 6.26 Å². The summed E-state index contributed by atoms with van der Waals surface area (Å²) in [6.07, 6.45) is 1.55. The van der Waals surface area contributed by atoms with Crippen LogP contribution in [0.2, 0.25) is 0 Å². The standard InChI is InChI=1S/C17H14N4OS/c1-23-17-19-16(22)14-12-9-5-6-10-13(12)18-15(21(14)20-17)11-7-3-2-4-8-11/h2-10,15H,1H3,(H,19,20,22)/t15-/m1/s1. The van der Waals surface area contributed by atoms with Gasteiger partial charge in [0.05, 0.1) is 5.36 Å². The molecule has 0 aromatic heterocycles. The van der Waals surface area contributed by atoms with Crippen LogP contribution < -0.4 is 15.9 Å². The van der Waals surface area contributed by atoms with Crippen molar-refractivity contribution >= 4 is 28.5 Å². The zero-order chi connectivity index (χ0) is 15.8. The lowest BCUT2D eigenvalue weighted by molar-refractivity contribution is -0.116. The minimum atomic E-state index is -0.339. The third-order valence-electron chi connectivity index (χ3n) is 3.81. The van der Waals surface area contributed by atoms with Gasteiger partial charge in [-0.05, 0) is 17.9 Å². The second kappa shape index (κ2) is 5.55. The summed E-state index contributed by atoms with van der Waals surface area (Å²) in [6, 6.07) is 17.6. The van der Waals surface area contributed by atoms with Gasteiger partial charge >= 0.3 is 0 Å². The summed E-state index contributed by atoms with van der Waals surface area (Å²) in [5.41, 5.74) is 1.54. The van der Waals surface area contributed by atoms with Gasteiger partial charge in [0.25, 0.3) is 5.91 Å². The summed E-state index contributed by atoms with van der Waals surface area (Å²) >= 11 is 1.41. The Morgan fingerprint density at radius 3 is 2.61 bits per heavy atom. The minimum absolute atomic E-state index is 0.146. The number of fused-ring (bicyclic) bond motifs is 2. The number of para-hydroxylation sites is 1. The van der Waals surface area contributed by atoms with Crippen molar-refractivity contribution in [2.24, 2.45) is 10.1 Å². The number of hydrazone groups is 1. The van der Waals surface area contributed by atoms with Crippen LogP contribution in [0.4, 0.5) is 0 Å². The van der Waals surface area contributed by atoms with Crippen LogP contribution in [-0.4, -0.2) is 22.3 Å². The fraction of sp³-hybridized carbons (Fsp3) is 0.118. The van der Waals surface area contributed by atoms with Crippen molar-refractivity contribution in [1.82, 2.24) is 10.3 Å². The highest BCUT2D eigenvalue weighted by Gasteiger charge is 2.33. The molecule has 0 saturated carbocycles. The predicted octanol–water partition coefficient (Wildman–Crippen LogP) is 1.19. The van der Waals surface area contributed by atoms with E-state index < -0.39 is 0 Å². The van der Waals surface area contributed by atoms with E-state index >= 15 is 0 Å². The van der Waals surface area contributed by atoms with Gasteiger partial charge in [0.15, 0.2) is 11.3 Å². The lowest BCUT2D eigenvalue weighted by atomic mass is 10.1. The molecule has 0 unspecified atom stereocenters. The number of amidine groups is 1. The van der Waals surface area contributed by atoms with Crippen LogP contribution in [0, 0.1) is 0 Å². The Labute approximate surface area is 137 Å². The molecule has 5 nitrogen and oxygen atoms in total. The lowest BCUT2D eigenvalue weighted by Gasteiger charge is -2.33. The molecule has 0 saturated heterocycles. The minimum Gasteiger partial charge on any atom is -0.298 e. The molecule has 1 atom stereocenters. The molecule has 0 spiro atoms. The lowest BCUT2D eigenvalue weighted by Crippen LogP contribution is -2.50. The van der Waals surface area contributed by atoms with E-state index in [1.165, 1.54) is 11.8 Å². The Morgan fingerprint density at radius 2 is 1.83 bits per heavy atom. The summed E-state index contributed by atoms with van der Waals surface area (Å²) in [5, 5.41) is 11.3. The van der Waals surface area contributed by atoms with E-state index in [9.17, 15) is 4.79 Å². The number of benzene rings is 2. The van der Waals surface area contributed by atoms with E-state index in [0.29, 0.717) is 10.9 Å². The van der Waals surface area contributed by atoms with Crippen LogP contribution in [0.3, 0.4) is 0 Å². The number of nitrogens with zero attached hydrogens (tertiary/aromatic N) is 3. The Bertz CT molecular complexity index is 923. The zero-order valence-electron chi connectivity index (χ0n) is 12.4. The smallest absolute Gasteiger partial charge is 0.276 e. The van der Waals surface area contributed by atoms with Gasteiger partial charge < -0.3 is 0 Å². The summed E-state index contributed by atoms with van der Waals surface area (Å²) in [7, 11) is 0. The first-order valence-electron chi connectivity index (χ1n) is 7.23. The number of carbonyl (C=O) groups is 1. The fourth-order valence-corrected chi connectivity index (χ4v) is 3.13. The van der Waals surface area contributed by atoms with Crippen molar-refractivity contribution in [1.29, 1.82) is 0 Å². The second-order valence-corrected chi connectivity index (χ2v) is 5.98. The highest BCUT2D eigenvalue weighted by Crippen LogP contribution is 2.30. The molecule has 0 radical (unpaired) electrons. The number of amides is 1. The number of hydrogen-bond donors (Lipinski definition) is 1. The molecule has 114 valence electrons. The van der Waals surface area contributed by atoms with Crippen molar-refractivity contribution < 1.29 is 4.79 Å². The van der Waals surface area contributed by atoms with Gasteiger partial charge in [0.1, 0.15) is 5.70 Å². The van der Waals surface area contributed by atoms with Gasteiger partial charge in [-0.25, -0.2) is 5.01 Å². The van der Waals surface area contributed by atoms with E-state index in [-0.39, 0.29) is 12.1 Å². The van der Waals surface area contributed by atoms with Crippen LogP contribution in [0.5, 0.6) is 0 Å². The largest absolute Gasteiger partial charge is 0.298 e. The number of hydrogen-bond acceptors (Lipinski definition) is 5. The summed E-state index contributed by atoms with van der Waals surface area (Å²) in [4.78, 5) is 17.4. The van der Waals surface area contributed by atoms with Crippen molar-refractivity contribution in [2.45, 2.75) is 6.17 Å². The van der Waals surface area contributed by atoms with Crippen molar-refractivity contribution in [3.8, 4) is 0 Å². The van der Waals surface area contributed by atoms with Crippen LogP contribution in [0.15, 0.2) is 64.7 Å². The monoisotopic (exact) mass is 322 g/mol. The molecule has 2 aliphatic rings. The van der Waals surface area contributed by atoms with E-state index in [2.05, 4.69) is 10.4 Å². The van der Waals surface area contributed by atoms with E-state index in [0.717, 1.165) is 16.1 Å². The molecule has 2 heterocycles. The van der Waals surface area contributed by atoms with Crippen LogP contribution in [0.1, 0.15) is 11.7 Å². The Morgan fingerprint density at radius 1 is 1.09 bits per heavy atom. The van der Waals surface area contributed by atoms with E-state index in [4.69, 9.17) is 4.99 Å². The van der Waals surface area contributed by atoms with E-state index in [1.54, 1.807) is 5.01 Å². The Kier molecular flexibility index (Phi) is 3.38.